The molecule has 0 aromatic heterocycles. The van der Waals surface area contributed by atoms with Crippen molar-refractivity contribution < 1.29 is 0 Å². The van der Waals surface area contributed by atoms with Gasteiger partial charge >= 0.3 is 0 Å². The van der Waals surface area contributed by atoms with Crippen molar-refractivity contribution in [2.24, 2.45) is 22.5 Å². The lowest BCUT2D eigenvalue weighted by atomic mass is 9.68. The molecule has 4 atom stereocenters. The molecule has 0 amide bonds. The number of hydrogen-bond donors (Lipinski definition) is 2. The molecule has 4 unspecified atom stereocenters. The van der Waals surface area contributed by atoms with E-state index in [-0.39, 0.29) is 0 Å². The monoisotopic (exact) mass is 210 g/mol. The molecule has 2 nitrogen and oxygen atoms in total. The number of fused-ring (bicyclic) bond motifs is 2. The Morgan fingerprint density at radius 1 is 1.40 bits per heavy atom. The van der Waals surface area contributed by atoms with Gasteiger partial charge in [0.05, 0.1) is 0 Å². The average molecular weight is 210 g/mol. The first-order valence-corrected chi connectivity index (χ1v) is 6.36. The Hall–Kier alpha value is -0.0800. The highest BCUT2D eigenvalue weighted by Gasteiger charge is 2.59. The van der Waals surface area contributed by atoms with Gasteiger partial charge in [0.15, 0.2) is 0 Å². The largest absolute Gasteiger partial charge is 0.329 e. The van der Waals surface area contributed by atoms with Crippen LogP contribution in [0.25, 0.3) is 0 Å². The summed E-state index contributed by atoms with van der Waals surface area (Å²) < 4.78 is 0. The van der Waals surface area contributed by atoms with Crippen LogP contribution in [0.15, 0.2) is 0 Å². The third kappa shape index (κ3) is 1.62. The third-order valence-electron chi connectivity index (χ3n) is 5.07. The first-order valence-electron chi connectivity index (χ1n) is 6.36. The van der Waals surface area contributed by atoms with Crippen LogP contribution in [0.3, 0.4) is 0 Å². The molecule has 2 rings (SSSR count). The van der Waals surface area contributed by atoms with Gasteiger partial charge in [-0.05, 0) is 42.9 Å². The Labute approximate surface area is 94.0 Å². The van der Waals surface area contributed by atoms with Crippen LogP contribution in [0, 0.1) is 16.7 Å². The van der Waals surface area contributed by atoms with Crippen molar-refractivity contribution in [2.75, 3.05) is 6.54 Å². The first kappa shape index (κ1) is 11.4. The lowest BCUT2D eigenvalue weighted by molar-refractivity contribution is 0.101. The average Bonchev–Trinajstić information content (AvgIpc) is 2.63. The predicted octanol–water partition coefficient (Wildman–Crippen LogP) is 2.14. The Morgan fingerprint density at radius 2 is 2.07 bits per heavy atom. The lowest BCUT2D eigenvalue weighted by Crippen LogP contribution is -2.54. The minimum atomic E-state index is 0.449. The standard InChI is InChI=1S/C13H26N2/c1-9(8-14)15-11-12(2,3)10-5-6-13(11,4)7-10/h9-11,15H,5-8,14H2,1-4H3. The van der Waals surface area contributed by atoms with E-state index >= 15 is 0 Å². The summed E-state index contributed by atoms with van der Waals surface area (Å²) in [5, 5.41) is 3.77. The highest BCUT2D eigenvalue weighted by atomic mass is 15.0. The van der Waals surface area contributed by atoms with Gasteiger partial charge in [0.2, 0.25) is 0 Å². The second kappa shape index (κ2) is 3.46. The summed E-state index contributed by atoms with van der Waals surface area (Å²) in [6.45, 7) is 10.3. The predicted molar refractivity (Wildman–Crippen MR) is 64.7 cm³/mol. The third-order valence-corrected chi connectivity index (χ3v) is 5.07. The Bertz CT molecular complexity index is 244. The molecule has 0 saturated heterocycles. The van der Waals surface area contributed by atoms with Crippen molar-refractivity contribution in [3.63, 3.8) is 0 Å². The molecule has 0 aromatic rings. The van der Waals surface area contributed by atoms with E-state index in [9.17, 15) is 0 Å². The van der Waals surface area contributed by atoms with Crippen LogP contribution in [0.5, 0.6) is 0 Å². The minimum Gasteiger partial charge on any atom is -0.329 e. The quantitative estimate of drug-likeness (QED) is 0.749. The highest BCUT2D eigenvalue weighted by molar-refractivity contribution is 5.12. The van der Waals surface area contributed by atoms with Crippen molar-refractivity contribution in [3.05, 3.63) is 0 Å². The normalized spacial score (nSPS) is 44.6. The molecule has 2 aliphatic rings. The number of nitrogens with two attached hydrogens (primary N) is 1. The minimum absolute atomic E-state index is 0.449. The van der Waals surface area contributed by atoms with E-state index in [0.29, 0.717) is 22.9 Å². The Kier molecular flexibility index (Phi) is 2.63. The first-order chi connectivity index (χ1) is 6.90. The number of rotatable bonds is 3. The molecule has 2 fully saturated rings. The lowest BCUT2D eigenvalue weighted by Gasteiger charge is -2.44. The van der Waals surface area contributed by atoms with Crippen LogP contribution < -0.4 is 11.1 Å². The van der Waals surface area contributed by atoms with Crippen molar-refractivity contribution in [1.29, 1.82) is 0 Å². The molecule has 2 aliphatic carbocycles. The summed E-state index contributed by atoms with van der Waals surface area (Å²) in [4.78, 5) is 0. The van der Waals surface area contributed by atoms with E-state index in [4.69, 9.17) is 5.73 Å². The van der Waals surface area contributed by atoms with E-state index in [1.807, 2.05) is 0 Å². The molecule has 0 heterocycles. The van der Waals surface area contributed by atoms with E-state index in [1.54, 1.807) is 0 Å². The SMILES string of the molecule is CC(CN)NC1C2(C)CCC(C2)C1(C)C. The summed E-state index contributed by atoms with van der Waals surface area (Å²) in [6, 6.07) is 1.10. The second-order valence-corrected chi connectivity index (χ2v) is 6.65. The molecule has 2 saturated carbocycles. The number of nitrogens with one attached hydrogen (secondary N) is 1. The maximum atomic E-state index is 5.72. The van der Waals surface area contributed by atoms with Gasteiger partial charge in [0.1, 0.15) is 0 Å². The van der Waals surface area contributed by atoms with E-state index in [0.717, 1.165) is 12.5 Å². The fourth-order valence-electron chi connectivity index (χ4n) is 4.07. The topological polar surface area (TPSA) is 38.0 Å². The fourth-order valence-corrected chi connectivity index (χ4v) is 4.07. The zero-order valence-electron chi connectivity index (χ0n) is 10.6. The van der Waals surface area contributed by atoms with Gasteiger partial charge in [-0.3, -0.25) is 0 Å². The van der Waals surface area contributed by atoms with Crippen molar-refractivity contribution in [1.82, 2.24) is 5.32 Å². The van der Waals surface area contributed by atoms with Gasteiger partial charge in [-0.25, -0.2) is 0 Å². The fraction of sp³-hybridized carbons (Fsp3) is 1.00. The second-order valence-electron chi connectivity index (χ2n) is 6.65. The molecule has 0 radical (unpaired) electrons. The van der Waals surface area contributed by atoms with Gasteiger partial charge in [-0.1, -0.05) is 20.8 Å². The van der Waals surface area contributed by atoms with E-state index in [1.165, 1.54) is 19.3 Å². The summed E-state index contributed by atoms with van der Waals surface area (Å²) >= 11 is 0. The van der Waals surface area contributed by atoms with Gasteiger partial charge in [-0.15, -0.1) is 0 Å². The molecule has 0 aromatic carbocycles. The maximum Gasteiger partial charge on any atom is 0.0178 e. The van der Waals surface area contributed by atoms with Crippen LogP contribution >= 0.6 is 0 Å². The van der Waals surface area contributed by atoms with E-state index in [2.05, 4.69) is 33.0 Å². The summed E-state index contributed by atoms with van der Waals surface area (Å²) in [7, 11) is 0. The summed E-state index contributed by atoms with van der Waals surface area (Å²) in [6.07, 6.45) is 4.24. The molecule has 15 heavy (non-hydrogen) atoms. The molecule has 2 bridgehead atoms. The Balaban J connectivity index is 2.15. The van der Waals surface area contributed by atoms with Crippen LogP contribution in [0.4, 0.5) is 0 Å². The van der Waals surface area contributed by atoms with Crippen molar-refractivity contribution in [3.8, 4) is 0 Å². The van der Waals surface area contributed by atoms with Crippen molar-refractivity contribution >= 4 is 0 Å². The maximum absolute atomic E-state index is 5.72. The number of hydrogen-bond acceptors (Lipinski definition) is 2. The van der Waals surface area contributed by atoms with Gasteiger partial charge in [0.25, 0.3) is 0 Å². The van der Waals surface area contributed by atoms with E-state index < -0.39 is 0 Å². The molecular weight excluding hydrogens is 184 g/mol. The van der Waals surface area contributed by atoms with Gasteiger partial charge < -0.3 is 11.1 Å². The van der Waals surface area contributed by atoms with Crippen molar-refractivity contribution in [2.45, 2.75) is 59.0 Å². The van der Waals surface area contributed by atoms with Gasteiger partial charge in [0, 0.05) is 18.6 Å². The molecule has 2 heteroatoms. The van der Waals surface area contributed by atoms with Crippen LogP contribution in [0.2, 0.25) is 0 Å². The van der Waals surface area contributed by atoms with Crippen LogP contribution in [0.1, 0.15) is 47.0 Å². The molecule has 3 N–H and O–H groups in total. The zero-order valence-corrected chi connectivity index (χ0v) is 10.6. The smallest absolute Gasteiger partial charge is 0.0178 e. The summed E-state index contributed by atoms with van der Waals surface area (Å²) in [5.74, 6) is 0.921. The van der Waals surface area contributed by atoms with Crippen LogP contribution in [-0.2, 0) is 0 Å². The Morgan fingerprint density at radius 3 is 2.53 bits per heavy atom. The molecule has 0 aliphatic heterocycles. The molecular formula is C13H26N2. The van der Waals surface area contributed by atoms with Gasteiger partial charge in [-0.2, -0.15) is 0 Å². The highest BCUT2D eigenvalue weighted by Crippen LogP contribution is 2.62. The molecule has 88 valence electrons. The van der Waals surface area contributed by atoms with Crippen LogP contribution in [-0.4, -0.2) is 18.6 Å². The summed E-state index contributed by atoms with van der Waals surface area (Å²) in [5.41, 5.74) is 6.70. The zero-order chi connectivity index (χ0) is 11.3. The molecule has 0 spiro atoms.